The molecule has 17 heavy (non-hydrogen) atoms. The highest BCUT2D eigenvalue weighted by Gasteiger charge is 2.28. The van der Waals surface area contributed by atoms with E-state index in [0.717, 1.165) is 18.0 Å². The predicted molar refractivity (Wildman–Crippen MR) is 67.3 cm³/mol. The van der Waals surface area contributed by atoms with Crippen LogP contribution in [0.25, 0.3) is 0 Å². The Bertz CT molecular complexity index is 453. The van der Waals surface area contributed by atoms with E-state index in [1.54, 1.807) is 23.9 Å². The minimum Gasteiger partial charge on any atom is -0.480 e. The SMILES string of the molecule is N#Cc1ccc(N2CCSCC2C(=O)O)cc1. The minimum absolute atomic E-state index is 0.471. The summed E-state index contributed by atoms with van der Waals surface area (Å²) in [6.45, 7) is 0.730. The van der Waals surface area contributed by atoms with Crippen molar-refractivity contribution in [2.75, 3.05) is 23.0 Å². The molecule has 5 heteroatoms. The second kappa shape index (κ2) is 5.11. The topological polar surface area (TPSA) is 64.3 Å². The number of thioether (sulfide) groups is 1. The lowest BCUT2D eigenvalue weighted by Gasteiger charge is -2.34. The number of aliphatic carboxylic acids is 1. The maximum Gasteiger partial charge on any atom is 0.327 e. The molecule has 4 nitrogen and oxygen atoms in total. The molecule has 0 aromatic heterocycles. The molecular weight excluding hydrogens is 236 g/mol. The molecule has 1 saturated heterocycles. The molecule has 1 aromatic carbocycles. The summed E-state index contributed by atoms with van der Waals surface area (Å²) in [6.07, 6.45) is 0. The Labute approximate surface area is 104 Å². The molecule has 0 aliphatic carbocycles. The first-order chi connectivity index (χ1) is 8.22. The summed E-state index contributed by atoms with van der Waals surface area (Å²) in [4.78, 5) is 13.0. The minimum atomic E-state index is -0.790. The molecule has 1 aliphatic rings. The maximum absolute atomic E-state index is 11.2. The molecular formula is C12H12N2O2S. The van der Waals surface area contributed by atoms with Gasteiger partial charge in [-0.2, -0.15) is 17.0 Å². The summed E-state index contributed by atoms with van der Waals surface area (Å²) in [5, 5.41) is 17.9. The largest absolute Gasteiger partial charge is 0.480 e. The van der Waals surface area contributed by atoms with Crippen molar-refractivity contribution in [2.45, 2.75) is 6.04 Å². The fourth-order valence-corrected chi connectivity index (χ4v) is 2.88. The number of carboxylic acids is 1. The van der Waals surface area contributed by atoms with Crippen LogP contribution in [0.3, 0.4) is 0 Å². The van der Waals surface area contributed by atoms with Crippen molar-refractivity contribution in [3.8, 4) is 6.07 Å². The fraction of sp³-hybridized carbons (Fsp3) is 0.333. The smallest absolute Gasteiger partial charge is 0.327 e. The Morgan fingerprint density at radius 3 is 2.76 bits per heavy atom. The number of nitrogens with zero attached hydrogens (tertiary/aromatic N) is 2. The zero-order valence-electron chi connectivity index (χ0n) is 9.17. The monoisotopic (exact) mass is 248 g/mol. The number of nitriles is 1. The summed E-state index contributed by atoms with van der Waals surface area (Å²) in [7, 11) is 0. The zero-order chi connectivity index (χ0) is 12.3. The van der Waals surface area contributed by atoms with Gasteiger partial charge in [0.15, 0.2) is 0 Å². The standard InChI is InChI=1S/C12H12N2O2S/c13-7-9-1-3-10(4-2-9)14-5-6-17-8-11(14)12(15)16/h1-4,11H,5-6,8H2,(H,15,16). The van der Waals surface area contributed by atoms with Gasteiger partial charge in [-0.25, -0.2) is 4.79 Å². The van der Waals surface area contributed by atoms with Gasteiger partial charge in [0.1, 0.15) is 6.04 Å². The molecule has 1 atom stereocenters. The molecule has 1 unspecified atom stereocenters. The molecule has 0 bridgehead atoms. The van der Waals surface area contributed by atoms with Crippen molar-refractivity contribution >= 4 is 23.4 Å². The highest BCUT2D eigenvalue weighted by Crippen LogP contribution is 2.24. The number of anilines is 1. The van der Waals surface area contributed by atoms with Crippen molar-refractivity contribution in [2.24, 2.45) is 0 Å². The first kappa shape index (κ1) is 11.8. The molecule has 1 fully saturated rings. The Kier molecular flexibility index (Phi) is 3.55. The normalized spacial score (nSPS) is 19.7. The van der Waals surface area contributed by atoms with Gasteiger partial charge in [-0.05, 0) is 24.3 Å². The van der Waals surface area contributed by atoms with Gasteiger partial charge >= 0.3 is 5.97 Å². The number of carbonyl (C=O) groups is 1. The summed E-state index contributed by atoms with van der Waals surface area (Å²) >= 11 is 1.66. The average molecular weight is 248 g/mol. The van der Waals surface area contributed by atoms with Crippen LogP contribution in [0.15, 0.2) is 24.3 Å². The molecule has 1 N–H and O–H groups in total. The van der Waals surface area contributed by atoms with Crippen LogP contribution in [0.5, 0.6) is 0 Å². The summed E-state index contributed by atoms with van der Waals surface area (Å²) in [5.41, 5.74) is 1.46. The van der Waals surface area contributed by atoms with Crippen LogP contribution in [-0.4, -0.2) is 35.2 Å². The first-order valence-corrected chi connectivity index (χ1v) is 6.45. The van der Waals surface area contributed by atoms with Crippen LogP contribution in [0.4, 0.5) is 5.69 Å². The van der Waals surface area contributed by atoms with Crippen LogP contribution < -0.4 is 4.90 Å². The Balaban J connectivity index is 2.24. The molecule has 2 rings (SSSR count). The number of hydrogen-bond acceptors (Lipinski definition) is 4. The molecule has 1 aliphatic heterocycles. The van der Waals surface area contributed by atoms with Gasteiger partial charge in [-0.3, -0.25) is 0 Å². The van der Waals surface area contributed by atoms with E-state index in [1.165, 1.54) is 0 Å². The second-order valence-corrected chi connectivity index (χ2v) is 4.93. The molecule has 1 aromatic rings. The third-order valence-corrected chi connectivity index (χ3v) is 3.76. The Hall–Kier alpha value is -1.67. The molecule has 0 spiro atoms. The van der Waals surface area contributed by atoms with Gasteiger partial charge in [-0.15, -0.1) is 0 Å². The summed E-state index contributed by atoms with van der Waals surface area (Å²) < 4.78 is 0. The van der Waals surface area contributed by atoms with Gasteiger partial charge in [0, 0.05) is 23.7 Å². The number of hydrogen-bond donors (Lipinski definition) is 1. The number of carboxylic acid groups (broad SMARTS) is 1. The van der Waals surface area contributed by atoms with Crippen molar-refractivity contribution in [1.29, 1.82) is 5.26 Å². The van der Waals surface area contributed by atoms with Crippen LogP contribution in [-0.2, 0) is 4.79 Å². The van der Waals surface area contributed by atoms with Crippen LogP contribution >= 0.6 is 11.8 Å². The van der Waals surface area contributed by atoms with Crippen molar-refractivity contribution in [3.05, 3.63) is 29.8 Å². The van der Waals surface area contributed by atoms with E-state index < -0.39 is 12.0 Å². The molecule has 0 amide bonds. The second-order valence-electron chi connectivity index (χ2n) is 3.78. The van der Waals surface area contributed by atoms with Crippen LogP contribution in [0.1, 0.15) is 5.56 Å². The fourth-order valence-electron chi connectivity index (χ4n) is 1.84. The molecule has 0 radical (unpaired) electrons. The van der Waals surface area contributed by atoms with Gasteiger partial charge in [0.25, 0.3) is 0 Å². The lowest BCUT2D eigenvalue weighted by atomic mass is 10.1. The van der Waals surface area contributed by atoms with E-state index in [-0.39, 0.29) is 0 Å². The molecule has 0 saturated carbocycles. The van der Waals surface area contributed by atoms with E-state index in [4.69, 9.17) is 10.4 Å². The van der Waals surface area contributed by atoms with Gasteiger partial charge < -0.3 is 10.0 Å². The van der Waals surface area contributed by atoms with Crippen LogP contribution in [0, 0.1) is 11.3 Å². The van der Waals surface area contributed by atoms with E-state index in [1.807, 2.05) is 17.0 Å². The van der Waals surface area contributed by atoms with E-state index in [9.17, 15) is 4.79 Å². The van der Waals surface area contributed by atoms with Crippen LogP contribution in [0.2, 0.25) is 0 Å². The first-order valence-electron chi connectivity index (χ1n) is 5.30. The zero-order valence-corrected chi connectivity index (χ0v) is 9.98. The van der Waals surface area contributed by atoms with Crippen molar-refractivity contribution < 1.29 is 9.90 Å². The third kappa shape index (κ3) is 2.53. The van der Waals surface area contributed by atoms with E-state index in [0.29, 0.717) is 11.3 Å². The molecule has 1 heterocycles. The molecule has 88 valence electrons. The van der Waals surface area contributed by atoms with Gasteiger partial charge in [0.05, 0.1) is 11.6 Å². The predicted octanol–water partition coefficient (Wildman–Crippen LogP) is 1.56. The number of rotatable bonds is 2. The maximum atomic E-state index is 11.2. The lowest BCUT2D eigenvalue weighted by Crippen LogP contribution is -2.47. The average Bonchev–Trinajstić information content (AvgIpc) is 2.39. The van der Waals surface area contributed by atoms with Gasteiger partial charge in [0.2, 0.25) is 0 Å². The summed E-state index contributed by atoms with van der Waals surface area (Å²) in [5.74, 6) is 0.751. The van der Waals surface area contributed by atoms with Gasteiger partial charge in [-0.1, -0.05) is 0 Å². The highest BCUT2D eigenvalue weighted by atomic mass is 32.2. The lowest BCUT2D eigenvalue weighted by molar-refractivity contribution is -0.138. The van der Waals surface area contributed by atoms with Crippen molar-refractivity contribution in [3.63, 3.8) is 0 Å². The summed E-state index contributed by atoms with van der Waals surface area (Å²) in [6, 6.07) is 8.64. The Morgan fingerprint density at radius 2 is 2.18 bits per heavy atom. The van der Waals surface area contributed by atoms with E-state index in [2.05, 4.69) is 6.07 Å². The highest BCUT2D eigenvalue weighted by molar-refractivity contribution is 7.99. The third-order valence-electron chi connectivity index (χ3n) is 2.74. The van der Waals surface area contributed by atoms with E-state index >= 15 is 0 Å². The van der Waals surface area contributed by atoms with Crippen molar-refractivity contribution in [1.82, 2.24) is 0 Å². The quantitative estimate of drug-likeness (QED) is 0.860. The number of benzene rings is 1. The Morgan fingerprint density at radius 1 is 1.47 bits per heavy atom.